The van der Waals surface area contributed by atoms with Crippen LogP contribution in [0.25, 0.3) is 11.7 Å². The molecule has 15 heavy (non-hydrogen) atoms. The molecule has 0 spiro atoms. The molecule has 0 aliphatic rings. The summed E-state index contributed by atoms with van der Waals surface area (Å²) in [6.45, 7) is 0.983. The zero-order valence-electron chi connectivity index (χ0n) is 8.69. The average Bonchev–Trinajstić information content (AvgIpc) is 2.87. The third kappa shape index (κ3) is 2.47. The first-order valence-electron chi connectivity index (χ1n) is 5.03. The number of nitrogens with zero attached hydrogens (tertiary/aromatic N) is 1. The summed E-state index contributed by atoms with van der Waals surface area (Å²) >= 11 is 0. The van der Waals surface area contributed by atoms with Crippen molar-refractivity contribution in [3.63, 3.8) is 0 Å². The Bertz CT molecular complexity index is 392. The monoisotopic (exact) mass is 206 g/mol. The van der Waals surface area contributed by atoms with Gasteiger partial charge >= 0.3 is 0 Å². The van der Waals surface area contributed by atoms with Crippen molar-refractivity contribution in [1.82, 2.24) is 10.3 Å². The number of hydrogen-bond donors (Lipinski definition) is 1. The maximum absolute atomic E-state index is 5.54. The number of oxazole rings is 1. The number of nitrogens with one attached hydrogen (secondary N) is 1. The molecular weight excluding hydrogens is 192 g/mol. The molecule has 4 nitrogen and oxygen atoms in total. The summed E-state index contributed by atoms with van der Waals surface area (Å²) in [6.07, 6.45) is 5.31. The summed E-state index contributed by atoms with van der Waals surface area (Å²) < 4.78 is 10.7. The largest absolute Gasteiger partial charge is 0.459 e. The molecule has 0 radical (unpaired) electrons. The molecule has 80 valence electrons. The molecule has 0 aromatic carbocycles. The van der Waals surface area contributed by atoms with Crippen molar-refractivity contribution in [3.05, 3.63) is 30.4 Å². The van der Waals surface area contributed by atoms with E-state index in [4.69, 9.17) is 8.83 Å². The van der Waals surface area contributed by atoms with Crippen molar-refractivity contribution in [2.45, 2.75) is 12.8 Å². The summed E-state index contributed by atoms with van der Waals surface area (Å²) in [6, 6.07) is 3.66. The molecule has 0 aliphatic carbocycles. The van der Waals surface area contributed by atoms with Crippen molar-refractivity contribution in [2.75, 3.05) is 13.6 Å². The van der Waals surface area contributed by atoms with Crippen LogP contribution in [-0.2, 0) is 6.42 Å². The first kappa shape index (κ1) is 9.98. The summed E-state index contributed by atoms with van der Waals surface area (Å²) in [4.78, 5) is 4.16. The van der Waals surface area contributed by atoms with E-state index in [-0.39, 0.29) is 0 Å². The van der Waals surface area contributed by atoms with Crippen LogP contribution in [0.5, 0.6) is 0 Å². The molecule has 2 heterocycles. The van der Waals surface area contributed by atoms with Gasteiger partial charge in [0.25, 0.3) is 5.89 Å². The smallest absolute Gasteiger partial charge is 0.262 e. The first-order valence-corrected chi connectivity index (χ1v) is 5.03. The molecule has 0 saturated carbocycles. The lowest BCUT2D eigenvalue weighted by Gasteiger charge is -1.95. The molecule has 0 atom stereocenters. The normalized spacial score (nSPS) is 10.7. The zero-order chi connectivity index (χ0) is 10.5. The van der Waals surface area contributed by atoms with Crippen molar-refractivity contribution in [2.24, 2.45) is 0 Å². The Labute approximate surface area is 88.3 Å². The van der Waals surface area contributed by atoms with Crippen LogP contribution >= 0.6 is 0 Å². The SMILES string of the molecule is CNCCCc1cnc(-c2ccco2)o1. The van der Waals surface area contributed by atoms with Crippen molar-refractivity contribution >= 4 is 0 Å². The van der Waals surface area contributed by atoms with Gasteiger partial charge in [0.1, 0.15) is 5.76 Å². The van der Waals surface area contributed by atoms with Crippen LogP contribution in [-0.4, -0.2) is 18.6 Å². The molecule has 0 amide bonds. The van der Waals surface area contributed by atoms with Gasteiger partial charge in [0, 0.05) is 6.42 Å². The van der Waals surface area contributed by atoms with Gasteiger partial charge < -0.3 is 14.2 Å². The van der Waals surface area contributed by atoms with Crippen LogP contribution in [0.1, 0.15) is 12.2 Å². The Morgan fingerprint density at radius 1 is 1.47 bits per heavy atom. The maximum Gasteiger partial charge on any atom is 0.262 e. The molecule has 1 N–H and O–H groups in total. The van der Waals surface area contributed by atoms with Gasteiger partial charge in [-0.25, -0.2) is 4.98 Å². The standard InChI is InChI=1S/C11H14N2O2/c1-12-6-2-4-9-8-13-11(15-9)10-5-3-7-14-10/h3,5,7-8,12H,2,4,6H2,1H3. The second-order valence-electron chi connectivity index (χ2n) is 3.32. The molecule has 0 aliphatic heterocycles. The average molecular weight is 206 g/mol. The Balaban J connectivity index is 1.98. The highest BCUT2D eigenvalue weighted by Gasteiger charge is 2.08. The number of aryl methyl sites for hydroxylation is 1. The van der Waals surface area contributed by atoms with Crippen LogP contribution in [0.15, 0.2) is 33.4 Å². The molecular formula is C11H14N2O2. The van der Waals surface area contributed by atoms with Gasteiger partial charge in [0.15, 0.2) is 5.76 Å². The molecule has 0 bridgehead atoms. The third-order valence-electron chi connectivity index (χ3n) is 2.14. The summed E-state index contributed by atoms with van der Waals surface area (Å²) in [7, 11) is 1.94. The van der Waals surface area contributed by atoms with Gasteiger partial charge in [-0.15, -0.1) is 0 Å². The van der Waals surface area contributed by atoms with E-state index in [1.807, 2.05) is 19.2 Å². The molecule has 0 unspecified atom stereocenters. The Morgan fingerprint density at radius 2 is 2.40 bits per heavy atom. The highest BCUT2D eigenvalue weighted by molar-refractivity contribution is 5.43. The minimum absolute atomic E-state index is 0.555. The summed E-state index contributed by atoms with van der Waals surface area (Å²) in [5.41, 5.74) is 0. The highest BCUT2D eigenvalue weighted by atomic mass is 16.4. The summed E-state index contributed by atoms with van der Waals surface area (Å²) in [5.74, 6) is 2.13. The van der Waals surface area contributed by atoms with E-state index in [0.717, 1.165) is 25.1 Å². The van der Waals surface area contributed by atoms with E-state index in [0.29, 0.717) is 11.7 Å². The number of furan rings is 1. The van der Waals surface area contributed by atoms with E-state index in [9.17, 15) is 0 Å². The fraction of sp³-hybridized carbons (Fsp3) is 0.364. The first-order chi connectivity index (χ1) is 7.40. The second kappa shape index (κ2) is 4.79. The Kier molecular flexibility index (Phi) is 3.19. The predicted molar refractivity (Wildman–Crippen MR) is 56.5 cm³/mol. The second-order valence-corrected chi connectivity index (χ2v) is 3.32. The number of hydrogen-bond acceptors (Lipinski definition) is 4. The van der Waals surface area contributed by atoms with E-state index in [1.165, 1.54) is 0 Å². The van der Waals surface area contributed by atoms with E-state index < -0.39 is 0 Å². The van der Waals surface area contributed by atoms with Crippen molar-refractivity contribution in [1.29, 1.82) is 0 Å². The Morgan fingerprint density at radius 3 is 3.13 bits per heavy atom. The number of rotatable bonds is 5. The fourth-order valence-corrected chi connectivity index (χ4v) is 1.38. The molecule has 2 aromatic rings. The minimum Gasteiger partial charge on any atom is -0.459 e. The lowest BCUT2D eigenvalue weighted by Crippen LogP contribution is -2.08. The minimum atomic E-state index is 0.555. The lowest BCUT2D eigenvalue weighted by molar-refractivity contribution is 0.480. The van der Waals surface area contributed by atoms with Gasteiger partial charge in [-0.3, -0.25) is 0 Å². The van der Waals surface area contributed by atoms with Gasteiger partial charge in [0.2, 0.25) is 0 Å². The molecule has 4 heteroatoms. The van der Waals surface area contributed by atoms with Gasteiger partial charge in [-0.2, -0.15) is 0 Å². The van der Waals surface area contributed by atoms with Crippen LogP contribution in [0.4, 0.5) is 0 Å². The predicted octanol–water partition coefficient (Wildman–Crippen LogP) is 2.09. The van der Waals surface area contributed by atoms with E-state index >= 15 is 0 Å². The Hall–Kier alpha value is -1.55. The van der Waals surface area contributed by atoms with Gasteiger partial charge in [-0.05, 0) is 32.1 Å². The van der Waals surface area contributed by atoms with Crippen LogP contribution < -0.4 is 5.32 Å². The molecule has 2 aromatic heterocycles. The topological polar surface area (TPSA) is 51.2 Å². The van der Waals surface area contributed by atoms with E-state index in [2.05, 4.69) is 10.3 Å². The van der Waals surface area contributed by atoms with Gasteiger partial charge in [-0.1, -0.05) is 0 Å². The zero-order valence-corrected chi connectivity index (χ0v) is 8.69. The third-order valence-corrected chi connectivity index (χ3v) is 2.14. The highest BCUT2D eigenvalue weighted by Crippen LogP contribution is 2.19. The van der Waals surface area contributed by atoms with Crippen LogP contribution in [0.3, 0.4) is 0 Å². The molecule has 0 fully saturated rings. The van der Waals surface area contributed by atoms with Crippen LogP contribution in [0.2, 0.25) is 0 Å². The number of aromatic nitrogens is 1. The molecule has 2 rings (SSSR count). The van der Waals surface area contributed by atoms with Crippen molar-refractivity contribution < 1.29 is 8.83 Å². The molecule has 0 saturated heterocycles. The van der Waals surface area contributed by atoms with Crippen LogP contribution in [0, 0.1) is 0 Å². The summed E-state index contributed by atoms with van der Waals surface area (Å²) in [5, 5.41) is 3.09. The lowest BCUT2D eigenvalue weighted by atomic mass is 10.3. The fourth-order valence-electron chi connectivity index (χ4n) is 1.38. The quantitative estimate of drug-likeness (QED) is 0.761. The van der Waals surface area contributed by atoms with E-state index in [1.54, 1.807) is 12.5 Å². The maximum atomic E-state index is 5.54. The van der Waals surface area contributed by atoms with Crippen molar-refractivity contribution in [3.8, 4) is 11.7 Å². The van der Waals surface area contributed by atoms with Gasteiger partial charge in [0.05, 0.1) is 12.5 Å².